The number of aromatic nitrogens is 2. The van der Waals surface area contributed by atoms with Gasteiger partial charge in [0.25, 0.3) is 0 Å². The largest absolute Gasteiger partial charge is 0.383 e. The molecular formula is C7H10BrN3. The third-order valence-electron chi connectivity index (χ3n) is 2.21. The molecule has 0 unspecified atom stereocenters. The molecule has 1 heterocycles. The lowest BCUT2D eigenvalue weighted by atomic mass is 9.93. The van der Waals surface area contributed by atoms with Crippen molar-refractivity contribution in [3.8, 4) is 0 Å². The highest BCUT2D eigenvalue weighted by Gasteiger charge is 2.22. The molecule has 0 radical (unpaired) electrons. The summed E-state index contributed by atoms with van der Waals surface area (Å²) in [6, 6.07) is 0.557. The zero-order valence-corrected chi connectivity index (χ0v) is 7.71. The van der Waals surface area contributed by atoms with Gasteiger partial charge in [-0.25, -0.2) is 4.68 Å². The average Bonchev–Trinajstić information content (AvgIpc) is 2.15. The first-order valence-corrected chi connectivity index (χ1v) is 4.57. The minimum atomic E-state index is 0.557. The maximum Gasteiger partial charge on any atom is 0.136 e. The molecule has 0 spiro atoms. The topological polar surface area (TPSA) is 43.8 Å². The lowest BCUT2D eigenvalue weighted by Gasteiger charge is -2.26. The number of anilines is 1. The van der Waals surface area contributed by atoms with Gasteiger partial charge in [0, 0.05) is 0 Å². The van der Waals surface area contributed by atoms with Crippen molar-refractivity contribution in [3.05, 3.63) is 10.7 Å². The smallest absolute Gasteiger partial charge is 0.136 e. The Morgan fingerprint density at radius 3 is 2.73 bits per heavy atom. The van der Waals surface area contributed by atoms with Crippen LogP contribution < -0.4 is 5.73 Å². The van der Waals surface area contributed by atoms with Crippen LogP contribution in [0.2, 0.25) is 0 Å². The van der Waals surface area contributed by atoms with Crippen molar-refractivity contribution >= 4 is 21.7 Å². The molecule has 1 aromatic heterocycles. The van der Waals surface area contributed by atoms with E-state index in [1.54, 1.807) is 6.20 Å². The third kappa shape index (κ3) is 1.05. The Balaban J connectivity index is 2.29. The van der Waals surface area contributed by atoms with E-state index >= 15 is 0 Å². The summed E-state index contributed by atoms with van der Waals surface area (Å²) in [5.74, 6) is 0.759. The van der Waals surface area contributed by atoms with Gasteiger partial charge < -0.3 is 5.73 Å². The summed E-state index contributed by atoms with van der Waals surface area (Å²) in [6.07, 6.45) is 5.51. The first kappa shape index (κ1) is 7.16. The van der Waals surface area contributed by atoms with Crippen molar-refractivity contribution in [2.24, 2.45) is 0 Å². The van der Waals surface area contributed by atoms with Crippen molar-refractivity contribution < 1.29 is 0 Å². The fourth-order valence-corrected chi connectivity index (χ4v) is 1.55. The van der Waals surface area contributed by atoms with E-state index in [4.69, 9.17) is 5.73 Å². The summed E-state index contributed by atoms with van der Waals surface area (Å²) in [4.78, 5) is 0. The van der Waals surface area contributed by atoms with Crippen LogP contribution in [0.4, 0.5) is 5.82 Å². The predicted molar refractivity (Wildman–Crippen MR) is 47.2 cm³/mol. The normalized spacial score (nSPS) is 18.3. The molecular weight excluding hydrogens is 206 g/mol. The van der Waals surface area contributed by atoms with Crippen LogP contribution in [0.1, 0.15) is 25.3 Å². The highest BCUT2D eigenvalue weighted by atomic mass is 79.9. The number of nitrogens with two attached hydrogens (primary N) is 1. The van der Waals surface area contributed by atoms with Gasteiger partial charge in [-0.15, -0.1) is 0 Å². The molecule has 1 fully saturated rings. The first-order valence-electron chi connectivity index (χ1n) is 3.77. The van der Waals surface area contributed by atoms with E-state index in [-0.39, 0.29) is 0 Å². The van der Waals surface area contributed by atoms with Crippen molar-refractivity contribution in [3.63, 3.8) is 0 Å². The van der Waals surface area contributed by atoms with Crippen LogP contribution in [0, 0.1) is 0 Å². The second-order valence-electron chi connectivity index (χ2n) is 2.91. The molecule has 0 bridgehead atoms. The summed E-state index contributed by atoms with van der Waals surface area (Å²) in [5, 5.41) is 4.18. The zero-order valence-electron chi connectivity index (χ0n) is 6.13. The van der Waals surface area contributed by atoms with E-state index in [2.05, 4.69) is 21.0 Å². The van der Waals surface area contributed by atoms with Gasteiger partial charge in [0.15, 0.2) is 0 Å². The minimum Gasteiger partial charge on any atom is -0.383 e. The van der Waals surface area contributed by atoms with E-state index < -0.39 is 0 Å². The van der Waals surface area contributed by atoms with Crippen LogP contribution in [-0.4, -0.2) is 9.78 Å². The molecule has 0 amide bonds. The van der Waals surface area contributed by atoms with Crippen LogP contribution in [0.25, 0.3) is 0 Å². The standard InChI is InChI=1S/C7H10BrN3/c8-6-4-10-11(7(6)9)5-2-1-3-5/h4-5H,1-3,9H2. The molecule has 60 valence electrons. The second-order valence-corrected chi connectivity index (χ2v) is 3.76. The van der Waals surface area contributed by atoms with Gasteiger partial charge in [0.1, 0.15) is 5.82 Å². The van der Waals surface area contributed by atoms with Gasteiger partial charge in [-0.05, 0) is 35.2 Å². The van der Waals surface area contributed by atoms with E-state index in [0.29, 0.717) is 6.04 Å². The maximum atomic E-state index is 5.77. The molecule has 1 aliphatic carbocycles. The van der Waals surface area contributed by atoms with E-state index in [0.717, 1.165) is 10.3 Å². The van der Waals surface area contributed by atoms with Gasteiger partial charge in [0.05, 0.1) is 16.7 Å². The van der Waals surface area contributed by atoms with Crippen molar-refractivity contribution in [2.75, 3.05) is 5.73 Å². The number of nitrogens with zero attached hydrogens (tertiary/aromatic N) is 2. The molecule has 0 saturated heterocycles. The van der Waals surface area contributed by atoms with Crippen LogP contribution in [-0.2, 0) is 0 Å². The van der Waals surface area contributed by atoms with Gasteiger partial charge in [-0.2, -0.15) is 5.10 Å². The average molecular weight is 216 g/mol. The highest BCUT2D eigenvalue weighted by molar-refractivity contribution is 9.10. The zero-order chi connectivity index (χ0) is 7.84. The summed E-state index contributed by atoms with van der Waals surface area (Å²) in [5.41, 5.74) is 5.77. The molecule has 2 N–H and O–H groups in total. The molecule has 1 saturated carbocycles. The van der Waals surface area contributed by atoms with Crippen LogP contribution in [0.15, 0.2) is 10.7 Å². The first-order chi connectivity index (χ1) is 5.29. The molecule has 0 aliphatic heterocycles. The van der Waals surface area contributed by atoms with Crippen LogP contribution in [0.5, 0.6) is 0 Å². The summed E-state index contributed by atoms with van der Waals surface area (Å²) in [6.45, 7) is 0. The fourth-order valence-electron chi connectivity index (χ4n) is 1.27. The van der Waals surface area contributed by atoms with E-state index in [1.165, 1.54) is 19.3 Å². The number of nitrogen functional groups attached to an aromatic ring is 1. The second kappa shape index (κ2) is 2.52. The highest BCUT2D eigenvalue weighted by Crippen LogP contribution is 2.34. The monoisotopic (exact) mass is 215 g/mol. The molecule has 1 aromatic rings. The number of halogens is 1. The maximum absolute atomic E-state index is 5.77. The fraction of sp³-hybridized carbons (Fsp3) is 0.571. The number of rotatable bonds is 1. The lowest BCUT2D eigenvalue weighted by molar-refractivity contribution is 0.293. The van der Waals surface area contributed by atoms with Gasteiger partial charge >= 0.3 is 0 Å². The lowest BCUT2D eigenvalue weighted by Crippen LogP contribution is -2.19. The Morgan fingerprint density at radius 1 is 1.64 bits per heavy atom. The van der Waals surface area contributed by atoms with Gasteiger partial charge in [-0.1, -0.05) is 0 Å². The molecule has 0 atom stereocenters. The van der Waals surface area contributed by atoms with Crippen LogP contribution in [0.3, 0.4) is 0 Å². The Labute approximate surface area is 73.7 Å². The Bertz CT molecular complexity index is 265. The Morgan fingerprint density at radius 2 is 2.36 bits per heavy atom. The molecule has 3 nitrogen and oxygen atoms in total. The summed E-state index contributed by atoms with van der Waals surface area (Å²) >= 11 is 3.33. The number of hydrogen-bond acceptors (Lipinski definition) is 2. The van der Waals surface area contributed by atoms with Crippen molar-refractivity contribution in [2.45, 2.75) is 25.3 Å². The molecule has 2 rings (SSSR count). The van der Waals surface area contributed by atoms with Crippen molar-refractivity contribution in [1.82, 2.24) is 9.78 Å². The van der Waals surface area contributed by atoms with E-state index in [1.807, 2.05) is 4.68 Å². The third-order valence-corrected chi connectivity index (χ3v) is 2.82. The van der Waals surface area contributed by atoms with Gasteiger partial charge in [0.2, 0.25) is 0 Å². The van der Waals surface area contributed by atoms with Gasteiger partial charge in [-0.3, -0.25) is 0 Å². The molecule has 11 heavy (non-hydrogen) atoms. The quantitative estimate of drug-likeness (QED) is 0.779. The van der Waals surface area contributed by atoms with Crippen molar-refractivity contribution in [1.29, 1.82) is 0 Å². The Kier molecular flexibility index (Phi) is 1.64. The SMILES string of the molecule is Nc1c(Br)cnn1C1CCC1. The van der Waals surface area contributed by atoms with Crippen LogP contribution >= 0.6 is 15.9 Å². The van der Waals surface area contributed by atoms with E-state index in [9.17, 15) is 0 Å². The summed E-state index contributed by atoms with van der Waals surface area (Å²) in [7, 11) is 0. The molecule has 0 aromatic carbocycles. The Hall–Kier alpha value is -0.510. The number of hydrogen-bond donors (Lipinski definition) is 1. The summed E-state index contributed by atoms with van der Waals surface area (Å²) < 4.78 is 2.82. The minimum absolute atomic E-state index is 0.557. The molecule has 4 heteroatoms. The molecule has 1 aliphatic rings. The predicted octanol–water partition coefficient (Wildman–Crippen LogP) is 1.95.